The Labute approximate surface area is 142 Å². The predicted molar refractivity (Wildman–Crippen MR) is 90.5 cm³/mol. The Hall–Kier alpha value is -2.21. The zero-order chi connectivity index (χ0) is 16.7. The van der Waals surface area contributed by atoms with Crippen LogP contribution in [-0.2, 0) is 4.79 Å². The molecule has 0 aliphatic rings. The molecule has 0 heterocycles. The summed E-state index contributed by atoms with van der Waals surface area (Å²) >= 11 is -0.186. The van der Waals surface area contributed by atoms with Crippen LogP contribution in [0.1, 0.15) is 40.7 Å². The van der Waals surface area contributed by atoms with Crippen LogP contribution in [0.25, 0.3) is 0 Å². The summed E-state index contributed by atoms with van der Waals surface area (Å²) in [6, 6.07) is 18.5. The van der Waals surface area contributed by atoms with Gasteiger partial charge in [0, 0.05) is 0 Å². The van der Waals surface area contributed by atoms with Crippen LogP contribution < -0.4 is 0 Å². The number of hydrogen-bond acceptors (Lipinski definition) is 3. The van der Waals surface area contributed by atoms with Gasteiger partial charge in [-0.15, -0.1) is 0 Å². The molecule has 116 valence electrons. The van der Waals surface area contributed by atoms with E-state index >= 15 is 0 Å². The monoisotopic (exact) mass is 371 g/mol. The van der Waals surface area contributed by atoms with Crippen LogP contribution in [0.2, 0.25) is 5.32 Å². The number of nitriles is 1. The van der Waals surface area contributed by atoms with Gasteiger partial charge >= 0.3 is 142 Å². The molecule has 3 nitrogen and oxygen atoms in total. The summed E-state index contributed by atoms with van der Waals surface area (Å²) in [6.07, 6.45) is 0.422. The summed E-state index contributed by atoms with van der Waals surface area (Å²) in [4.78, 5) is 24.7. The summed E-state index contributed by atoms with van der Waals surface area (Å²) < 4.78 is 0.164. The SMILES string of the molecule is CC(C(=O)[Se]CCC#N)c1cccc(C(=O)c2ccccc2)c1. The van der Waals surface area contributed by atoms with Crippen molar-refractivity contribution in [1.29, 1.82) is 5.26 Å². The Kier molecular flexibility index (Phi) is 6.28. The molecule has 0 bridgehead atoms. The first-order valence-corrected chi connectivity index (χ1v) is 9.43. The van der Waals surface area contributed by atoms with Gasteiger partial charge in [-0.1, -0.05) is 0 Å². The van der Waals surface area contributed by atoms with Gasteiger partial charge in [0.05, 0.1) is 0 Å². The van der Waals surface area contributed by atoms with Gasteiger partial charge in [-0.2, -0.15) is 0 Å². The average molecular weight is 370 g/mol. The van der Waals surface area contributed by atoms with E-state index in [1.54, 1.807) is 24.3 Å². The van der Waals surface area contributed by atoms with Crippen LogP contribution >= 0.6 is 0 Å². The van der Waals surface area contributed by atoms with Gasteiger partial charge in [0.15, 0.2) is 0 Å². The fourth-order valence-corrected chi connectivity index (χ4v) is 3.80. The molecule has 0 spiro atoms. The first kappa shape index (κ1) is 17.1. The van der Waals surface area contributed by atoms with Crippen LogP contribution in [0.3, 0.4) is 0 Å². The zero-order valence-corrected chi connectivity index (χ0v) is 14.6. The maximum absolute atomic E-state index is 12.5. The Bertz CT molecular complexity index is 735. The Morgan fingerprint density at radius 1 is 1.09 bits per heavy atom. The Balaban J connectivity index is 2.15. The fraction of sp³-hybridized carbons (Fsp3) is 0.211. The van der Waals surface area contributed by atoms with Crippen molar-refractivity contribution in [2.24, 2.45) is 0 Å². The molecule has 0 aliphatic heterocycles. The van der Waals surface area contributed by atoms with Crippen molar-refractivity contribution in [3.63, 3.8) is 0 Å². The van der Waals surface area contributed by atoms with Gasteiger partial charge in [-0.3, -0.25) is 0 Å². The fourth-order valence-electron chi connectivity index (χ4n) is 2.16. The summed E-state index contributed by atoms with van der Waals surface area (Å²) in [5.74, 6) is -0.278. The molecule has 2 rings (SSSR count). The topological polar surface area (TPSA) is 57.9 Å². The molecule has 0 N–H and O–H groups in total. The summed E-state index contributed by atoms with van der Waals surface area (Å²) in [7, 11) is 0. The van der Waals surface area contributed by atoms with Gasteiger partial charge < -0.3 is 0 Å². The van der Waals surface area contributed by atoms with Gasteiger partial charge in [-0.05, 0) is 0 Å². The van der Waals surface area contributed by atoms with E-state index in [1.807, 2.05) is 37.3 Å². The molecule has 23 heavy (non-hydrogen) atoms. The number of benzene rings is 2. The van der Waals surface area contributed by atoms with Gasteiger partial charge in [0.1, 0.15) is 0 Å². The van der Waals surface area contributed by atoms with Crippen LogP contribution in [0.4, 0.5) is 0 Å². The van der Waals surface area contributed by atoms with E-state index in [2.05, 4.69) is 6.07 Å². The first-order chi connectivity index (χ1) is 11.1. The Morgan fingerprint density at radius 3 is 2.48 bits per heavy atom. The molecule has 0 amide bonds. The maximum atomic E-state index is 12.5. The molecule has 2 aromatic rings. The number of ketones is 1. The van der Waals surface area contributed by atoms with Gasteiger partial charge in [0.2, 0.25) is 0 Å². The van der Waals surface area contributed by atoms with Crippen molar-refractivity contribution in [3.8, 4) is 6.07 Å². The quantitative estimate of drug-likeness (QED) is 0.425. The first-order valence-electron chi connectivity index (χ1n) is 7.36. The molecular weight excluding hydrogens is 353 g/mol. The summed E-state index contributed by atoms with van der Waals surface area (Å²) in [5.41, 5.74) is 2.09. The van der Waals surface area contributed by atoms with E-state index < -0.39 is 0 Å². The van der Waals surface area contributed by atoms with Gasteiger partial charge in [0.25, 0.3) is 0 Å². The van der Waals surface area contributed by atoms with Crippen molar-refractivity contribution >= 4 is 25.4 Å². The minimum absolute atomic E-state index is 0.0397. The van der Waals surface area contributed by atoms with E-state index in [9.17, 15) is 9.59 Å². The molecule has 2 aromatic carbocycles. The molecule has 0 aromatic heterocycles. The third-order valence-corrected chi connectivity index (χ3v) is 5.69. The van der Waals surface area contributed by atoms with Crippen molar-refractivity contribution in [3.05, 3.63) is 71.3 Å². The van der Waals surface area contributed by atoms with Crippen LogP contribution in [0, 0.1) is 11.3 Å². The molecule has 0 aliphatic carbocycles. The molecule has 0 saturated carbocycles. The van der Waals surface area contributed by atoms with Crippen LogP contribution in [0.5, 0.6) is 0 Å². The average Bonchev–Trinajstić information content (AvgIpc) is 2.61. The van der Waals surface area contributed by atoms with Crippen molar-refractivity contribution < 1.29 is 9.59 Å². The number of rotatable bonds is 7. The second-order valence-electron chi connectivity index (χ2n) is 5.12. The predicted octanol–water partition coefficient (Wildman–Crippen LogP) is 3.58. The second kappa shape index (κ2) is 8.43. The standard InChI is InChI=1S/C19H17NO2Se/c1-14(19(22)23-12-6-11-20)16-9-5-10-17(13-16)18(21)15-7-3-2-4-8-15/h2-5,7-10,13-14H,6,12H2,1H3. The van der Waals surface area contributed by atoms with Gasteiger partial charge in [-0.25, -0.2) is 0 Å². The molecule has 0 radical (unpaired) electrons. The van der Waals surface area contributed by atoms with Crippen LogP contribution in [-0.4, -0.2) is 25.4 Å². The number of hydrogen-bond donors (Lipinski definition) is 0. The number of nitrogens with zero attached hydrogens (tertiary/aromatic N) is 1. The van der Waals surface area contributed by atoms with E-state index in [0.717, 1.165) is 5.56 Å². The third kappa shape index (κ3) is 4.63. The molecule has 4 heteroatoms. The molecular formula is C19H17NO2Se. The summed E-state index contributed by atoms with van der Waals surface area (Å²) in [5, 5.41) is 9.20. The van der Waals surface area contributed by atoms with E-state index in [1.165, 1.54) is 0 Å². The molecule has 0 saturated heterocycles. The van der Waals surface area contributed by atoms with Crippen molar-refractivity contribution in [1.82, 2.24) is 0 Å². The minimum atomic E-state index is -0.239. The van der Waals surface area contributed by atoms with E-state index in [-0.39, 0.29) is 31.3 Å². The van der Waals surface area contributed by atoms with Crippen LogP contribution in [0.15, 0.2) is 54.6 Å². The van der Waals surface area contributed by atoms with E-state index in [4.69, 9.17) is 5.26 Å². The summed E-state index contributed by atoms with van der Waals surface area (Å²) in [6.45, 7) is 1.86. The van der Waals surface area contributed by atoms with Crippen molar-refractivity contribution in [2.45, 2.75) is 24.6 Å². The van der Waals surface area contributed by atoms with Crippen molar-refractivity contribution in [2.75, 3.05) is 0 Å². The van der Waals surface area contributed by atoms with E-state index in [0.29, 0.717) is 22.9 Å². The molecule has 1 unspecified atom stereocenters. The molecule has 1 atom stereocenters. The zero-order valence-electron chi connectivity index (χ0n) is 12.9. The normalized spacial score (nSPS) is 11.5. The molecule has 0 fully saturated rings. The second-order valence-corrected chi connectivity index (χ2v) is 7.42. The third-order valence-electron chi connectivity index (χ3n) is 3.50. The number of carbonyl (C=O) groups excluding carboxylic acids is 2. The Morgan fingerprint density at radius 2 is 1.78 bits per heavy atom. The number of carbonyl (C=O) groups is 2.